The number of carbonyl (C=O) groups is 1. The molecule has 0 saturated carbocycles. The number of aliphatic carboxylic acids is 1. The number of ether oxygens (including phenoxy) is 1. The van der Waals surface area contributed by atoms with Crippen molar-refractivity contribution in [3.8, 4) is 0 Å². The fourth-order valence-corrected chi connectivity index (χ4v) is 3.24. The first kappa shape index (κ1) is 13.4. The van der Waals surface area contributed by atoms with Crippen LogP contribution in [0.15, 0.2) is 0 Å². The summed E-state index contributed by atoms with van der Waals surface area (Å²) in [5.74, 6) is -1.32. The van der Waals surface area contributed by atoms with Gasteiger partial charge < -0.3 is 9.84 Å². The molecule has 0 aromatic heterocycles. The highest BCUT2D eigenvalue weighted by molar-refractivity contribution is 7.90. The van der Waals surface area contributed by atoms with Crippen molar-refractivity contribution in [1.29, 1.82) is 0 Å². The van der Waals surface area contributed by atoms with E-state index >= 15 is 0 Å². The van der Waals surface area contributed by atoms with Crippen LogP contribution in [0.2, 0.25) is 0 Å². The van der Waals surface area contributed by atoms with E-state index < -0.39 is 21.2 Å². The minimum absolute atomic E-state index is 0.235. The molecule has 6 nitrogen and oxygen atoms in total. The highest BCUT2D eigenvalue weighted by Gasteiger charge is 2.38. The first-order valence-corrected chi connectivity index (χ1v) is 6.72. The zero-order chi connectivity index (χ0) is 12.3. The molecule has 2 atom stereocenters. The molecule has 0 aromatic rings. The van der Waals surface area contributed by atoms with Crippen molar-refractivity contribution in [1.82, 2.24) is 4.31 Å². The summed E-state index contributed by atoms with van der Waals surface area (Å²) in [7, 11) is -3.77. The molecule has 16 heavy (non-hydrogen) atoms. The molecule has 1 aliphatic rings. The molecule has 1 rings (SSSR count). The molecule has 0 aromatic carbocycles. The first-order chi connectivity index (χ1) is 7.41. The maximum absolute atomic E-state index is 12.0. The fourth-order valence-electron chi connectivity index (χ4n) is 1.63. The number of sulfonamides is 1. The zero-order valence-corrected chi connectivity index (χ0v) is 10.2. The summed E-state index contributed by atoms with van der Waals surface area (Å²) in [6, 6.07) is -0.249. The summed E-state index contributed by atoms with van der Waals surface area (Å²) in [6.45, 7) is 3.94. The van der Waals surface area contributed by atoms with Crippen LogP contribution >= 0.6 is 0 Å². The quantitative estimate of drug-likeness (QED) is 0.754. The third-order valence-electron chi connectivity index (χ3n) is 2.77. The van der Waals surface area contributed by atoms with E-state index in [9.17, 15) is 13.2 Å². The Balaban J connectivity index is 2.92. The van der Waals surface area contributed by atoms with Gasteiger partial charge in [0, 0.05) is 12.6 Å². The third kappa shape index (κ3) is 2.53. The van der Waals surface area contributed by atoms with Gasteiger partial charge in [-0.2, -0.15) is 4.31 Å². The second kappa shape index (κ2) is 5.11. The van der Waals surface area contributed by atoms with Gasteiger partial charge in [0.25, 0.3) is 0 Å². The molecule has 7 heteroatoms. The van der Waals surface area contributed by atoms with E-state index in [1.54, 1.807) is 0 Å². The van der Waals surface area contributed by atoms with E-state index in [4.69, 9.17) is 9.84 Å². The van der Waals surface area contributed by atoms with E-state index in [0.717, 1.165) is 0 Å². The number of hydrogen-bond acceptors (Lipinski definition) is 4. The number of carboxylic acid groups (broad SMARTS) is 1. The van der Waals surface area contributed by atoms with Crippen molar-refractivity contribution < 1.29 is 23.1 Å². The topological polar surface area (TPSA) is 83.9 Å². The smallest absolute Gasteiger partial charge is 0.323 e. The average Bonchev–Trinajstić information content (AvgIpc) is 2.27. The molecule has 0 bridgehead atoms. The van der Waals surface area contributed by atoms with Gasteiger partial charge in [-0.25, -0.2) is 8.42 Å². The molecule has 0 radical (unpaired) electrons. The molecule has 1 fully saturated rings. The second-order valence-electron chi connectivity index (χ2n) is 3.77. The number of rotatable bonds is 4. The molecular formula is C9H17NO5S. The van der Waals surface area contributed by atoms with Crippen LogP contribution < -0.4 is 0 Å². The van der Waals surface area contributed by atoms with Gasteiger partial charge in [0.1, 0.15) is 0 Å². The highest BCUT2D eigenvalue weighted by atomic mass is 32.2. The van der Waals surface area contributed by atoms with Crippen LogP contribution in [-0.2, 0) is 19.6 Å². The summed E-state index contributed by atoms with van der Waals surface area (Å²) >= 11 is 0. The molecule has 1 heterocycles. The Labute approximate surface area is 95.2 Å². The standard InChI is InChI=1S/C9H17NO5S/c1-3-8-6-15-5-4-10(8)16(13,14)7(2)9(11)12/h7-8H,3-6H2,1-2H3,(H,11,12). The van der Waals surface area contributed by atoms with Gasteiger partial charge in [0.05, 0.1) is 13.2 Å². The van der Waals surface area contributed by atoms with Gasteiger partial charge >= 0.3 is 5.97 Å². The molecule has 1 N–H and O–H groups in total. The number of hydrogen-bond donors (Lipinski definition) is 1. The Morgan fingerprint density at radius 2 is 2.25 bits per heavy atom. The van der Waals surface area contributed by atoms with Crippen molar-refractivity contribution in [2.45, 2.75) is 31.6 Å². The van der Waals surface area contributed by atoms with Crippen LogP contribution in [0.1, 0.15) is 20.3 Å². The lowest BCUT2D eigenvalue weighted by atomic mass is 10.2. The summed E-state index contributed by atoms with van der Waals surface area (Å²) in [6.07, 6.45) is 0.617. The van der Waals surface area contributed by atoms with Crippen LogP contribution in [0.5, 0.6) is 0 Å². The van der Waals surface area contributed by atoms with Gasteiger partial charge in [-0.15, -0.1) is 0 Å². The predicted molar refractivity (Wildman–Crippen MR) is 57.6 cm³/mol. The number of morpholine rings is 1. The van der Waals surface area contributed by atoms with Crippen molar-refractivity contribution in [2.75, 3.05) is 19.8 Å². The first-order valence-electron chi connectivity index (χ1n) is 5.22. The lowest BCUT2D eigenvalue weighted by Gasteiger charge is -2.34. The molecule has 94 valence electrons. The normalized spacial score (nSPS) is 25.2. The van der Waals surface area contributed by atoms with Crippen LogP contribution in [0, 0.1) is 0 Å². The maximum atomic E-state index is 12.0. The van der Waals surface area contributed by atoms with E-state index in [-0.39, 0.29) is 12.6 Å². The summed E-state index contributed by atoms with van der Waals surface area (Å²) in [5.41, 5.74) is 0. The van der Waals surface area contributed by atoms with Crippen LogP contribution in [-0.4, -0.2) is 54.8 Å². The molecule has 2 unspecified atom stereocenters. The summed E-state index contributed by atoms with van der Waals surface area (Å²) in [5, 5.41) is 7.37. The van der Waals surface area contributed by atoms with Gasteiger partial charge in [0.2, 0.25) is 10.0 Å². The largest absolute Gasteiger partial charge is 0.480 e. The second-order valence-corrected chi connectivity index (χ2v) is 5.98. The molecular weight excluding hydrogens is 234 g/mol. The van der Waals surface area contributed by atoms with Gasteiger partial charge in [-0.3, -0.25) is 4.79 Å². The number of nitrogens with zero attached hydrogens (tertiary/aromatic N) is 1. The lowest BCUT2D eigenvalue weighted by molar-refractivity contribution is -0.136. The zero-order valence-electron chi connectivity index (χ0n) is 9.42. The highest BCUT2D eigenvalue weighted by Crippen LogP contribution is 2.18. The Kier molecular flexibility index (Phi) is 4.28. The molecule has 0 spiro atoms. The summed E-state index contributed by atoms with van der Waals surface area (Å²) < 4.78 is 30.4. The Hall–Kier alpha value is -0.660. The van der Waals surface area contributed by atoms with Crippen LogP contribution in [0.25, 0.3) is 0 Å². The Morgan fingerprint density at radius 1 is 1.62 bits per heavy atom. The van der Waals surface area contributed by atoms with Gasteiger partial charge in [-0.05, 0) is 13.3 Å². The van der Waals surface area contributed by atoms with Crippen molar-refractivity contribution >= 4 is 16.0 Å². The monoisotopic (exact) mass is 251 g/mol. The van der Waals surface area contributed by atoms with Gasteiger partial charge in [0.15, 0.2) is 5.25 Å². The summed E-state index contributed by atoms with van der Waals surface area (Å²) in [4.78, 5) is 10.7. The van der Waals surface area contributed by atoms with E-state index in [1.807, 2.05) is 6.92 Å². The van der Waals surface area contributed by atoms with Crippen molar-refractivity contribution in [2.24, 2.45) is 0 Å². The van der Waals surface area contributed by atoms with Crippen LogP contribution in [0.4, 0.5) is 0 Å². The van der Waals surface area contributed by atoms with Crippen molar-refractivity contribution in [3.05, 3.63) is 0 Å². The Bertz CT molecular complexity index is 353. The Morgan fingerprint density at radius 3 is 2.75 bits per heavy atom. The van der Waals surface area contributed by atoms with E-state index in [0.29, 0.717) is 19.6 Å². The molecule has 0 aliphatic carbocycles. The molecule has 1 saturated heterocycles. The fraction of sp³-hybridized carbons (Fsp3) is 0.889. The SMILES string of the molecule is CCC1COCCN1S(=O)(=O)C(C)C(=O)O. The van der Waals surface area contributed by atoms with E-state index in [2.05, 4.69) is 0 Å². The minimum atomic E-state index is -3.77. The molecule has 1 aliphatic heterocycles. The third-order valence-corrected chi connectivity index (χ3v) is 5.00. The van der Waals surface area contributed by atoms with Crippen molar-refractivity contribution in [3.63, 3.8) is 0 Å². The predicted octanol–water partition coefficient (Wildman–Crippen LogP) is -0.0999. The average molecular weight is 251 g/mol. The van der Waals surface area contributed by atoms with E-state index in [1.165, 1.54) is 11.2 Å². The maximum Gasteiger partial charge on any atom is 0.323 e. The van der Waals surface area contributed by atoms with Gasteiger partial charge in [-0.1, -0.05) is 6.92 Å². The van der Waals surface area contributed by atoms with Crippen LogP contribution in [0.3, 0.4) is 0 Å². The minimum Gasteiger partial charge on any atom is -0.480 e. The lowest BCUT2D eigenvalue weighted by Crippen LogP contribution is -2.52. The molecule has 0 amide bonds. The number of carboxylic acids is 1.